The Morgan fingerprint density at radius 2 is 1.58 bits per heavy atom. The molecule has 1 amide bonds. The fourth-order valence-electron chi connectivity index (χ4n) is 3.64. The Labute approximate surface area is 213 Å². The van der Waals surface area contributed by atoms with Crippen molar-refractivity contribution in [3.8, 4) is 0 Å². The van der Waals surface area contributed by atoms with Crippen LogP contribution in [0.4, 0.5) is 11.4 Å². The zero-order valence-electron chi connectivity index (χ0n) is 21.2. The van der Waals surface area contributed by atoms with Crippen LogP contribution in [0.2, 0.25) is 0 Å². The summed E-state index contributed by atoms with van der Waals surface area (Å²) in [4.78, 5) is 25.2. The number of ether oxygens (including phenoxy) is 1. The summed E-state index contributed by atoms with van der Waals surface area (Å²) in [6, 6.07) is 18.5. The molecule has 36 heavy (non-hydrogen) atoms. The fourth-order valence-corrected chi connectivity index (χ4v) is 5.06. The molecule has 0 fully saturated rings. The lowest BCUT2D eigenvalue weighted by atomic mass is 10.0. The quantitative estimate of drug-likeness (QED) is 0.389. The van der Waals surface area contributed by atoms with Gasteiger partial charge >= 0.3 is 5.97 Å². The third-order valence-corrected chi connectivity index (χ3v) is 7.54. The molecule has 1 N–H and O–H groups in total. The minimum absolute atomic E-state index is 0.101. The molecule has 3 rings (SSSR count). The Bertz CT molecular complexity index is 1330. The number of benzene rings is 3. The zero-order chi connectivity index (χ0) is 26.5. The highest BCUT2D eigenvalue weighted by molar-refractivity contribution is 7.92. The van der Waals surface area contributed by atoms with Crippen molar-refractivity contribution in [2.24, 2.45) is 0 Å². The van der Waals surface area contributed by atoms with Crippen molar-refractivity contribution in [2.75, 3.05) is 22.8 Å². The summed E-state index contributed by atoms with van der Waals surface area (Å²) in [6.45, 7) is 9.31. The van der Waals surface area contributed by atoms with E-state index >= 15 is 0 Å². The third-order valence-electron chi connectivity index (χ3n) is 5.76. The number of hydrogen-bond donors (Lipinski definition) is 1. The smallest absolute Gasteiger partial charge is 0.338 e. The molecule has 7 nitrogen and oxygen atoms in total. The van der Waals surface area contributed by atoms with Crippen LogP contribution in [-0.2, 0) is 19.6 Å². The number of sulfonamides is 1. The van der Waals surface area contributed by atoms with E-state index < -0.39 is 28.4 Å². The van der Waals surface area contributed by atoms with E-state index in [1.807, 2.05) is 19.1 Å². The van der Waals surface area contributed by atoms with Gasteiger partial charge in [0.1, 0.15) is 6.54 Å². The Kier molecular flexibility index (Phi) is 8.53. The molecule has 0 spiro atoms. The standard InChI is InChI=1S/C28H32N2O5S/c1-6-35-28(32)23-11-16-26(21(5)17-23)29-27(31)18-30(24-12-9-22(10-13-24)19(2)3)36(33,34)25-14-7-20(4)8-15-25/h7-17,19H,6,18H2,1-5H3,(H,29,31). The van der Waals surface area contributed by atoms with Gasteiger partial charge in [-0.1, -0.05) is 43.7 Å². The number of anilines is 2. The highest BCUT2D eigenvalue weighted by atomic mass is 32.2. The van der Waals surface area contributed by atoms with Gasteiger partial charge in [-0.15, -0.1) is 0 Å². The molecule has 0 unspecified atom stereocenters. The number of nitrogens with one attached hydrogen (secondary N) is 1. The van der Waals surface area contributed by atoms with Gasteiger partial charge < -0.3 is 10.1 Å². The maximum atomic E-state index is 13.6. The Hall–Kier alpha value is -3.65. The van der Waals surface area contributed by atoms with E-state index in [2.05, 4.69) is 19.2 Å². The summed E-state index contributed by atoms with van der Waals surface area (Å²) in [6.07, 6.45) is 0. The summed E-state index contributed by atoms with van der Waals surface area (Å²) < 4.78 is 33.3. The van der Waals surface area contributed by atoms with Crippen LogP contribution in [0.1, 0.15) is 53.7 Å². The van der Waals surface area contributed by atoms with Gasteiger partial charge in [-0.05, 0) is 80.3 Å². The van der Waals surface area contributed by atoms with Crippen LogP contribution < -0.4 is 9.62 Å². The first-order valence-corrected chi connectivity index (χ1v) is 13.2. The maximum Gasteiger partial charge on any atom is 0.338 e. The zero-order valence-corrected chi connectivity index (χ0v) is 22.1. The molecule has 3 aromatic carbocycles. The predicted octanol–water partition coefficient (Wildman–Crippen LogP) is 5.44. The SMILES string of the molecule is CCOC(=O)c1ccc(NC(=O)CN(c2ccc(C(C)C)cc2)S(=O)(=O)c2ccc(C)cc2)c(C)c1. The van der Waals surface area contributed by atoms with Crippen LogP contribution in [0.25, 0.3) is 0 Å². The number of hydrogen-bond acceptors (Lipinski definition) is 5. The highest BCUT2D eigenvalue weighted by Crippen LogP contribution is 2.26. The van der Waals surface area contributed by atoms with E-state index in [1.165, 1.54) is 12.1 Å². The Balaban J connectivity index is 1.90. The van der Waals surface area contributed by atoms with Crippen molar-refractivity contribution >= 4 is 33.3 Å². The van der Waals surface area contributed by atoms with Gasteiger partial charge in [0.05, 0.1) is 22.8 Å². The molecular weight excluding hydrogens is 476 g/mol. The van der Waals surface area contributed by atoms with Crippen molar-refractivity contribution in [1.29, 1.82) is 0 Å². The van der Waals surface area contributed by atoms with Gasteiger partial charge in [0.25, 0.3) is 10.0 Å². The Morgan fingerprint density at radius 1 is 0.944 bits per heavy atom. The molecule has 0 heterocycles. The lowest BCUT2D eigenvalue weighted by molar-refractivity contribution is -0.114. The lowest BCUT2D eigenvalue weighted by Gasteiger charge is -2.25. The summed E-state index contributed by atoms with van der Waals surface area (Å²) >= 11 is 0. The van der Waals surface area contributed by atoms with Crippen LogP contribution in [0.5, 0.6) is 0 Å². The van der Waals surface area contributed by atoms with Gasteiger partial charge in [-0.2, -0.15) is 0 Å². The summed E-state index contributed by atoms with van der Waals surface area (Å²) in [5, 5.41) is 2.77. The maximum absolute atomic E-state index is 13.6. The Morgan fingerprint density at radius 3 is 2.14 bits per heavy atom. The summed E-state index contributed by atoms with van der Waals surface area (Å²) in [7, 11) is -4.01. The second-order valence-corrected chi connectivity index (χ2v) is 10.7. The summed E-state index contributed by atoms with van der Waals surface area (Å²) in [5.41, 5.74) is 3.90. The number of aryl methyl sites for hydroxylation is 2. The molecular formula is C28H32N2O5S. The molecule has 0 bridgehead atoms. The number of carbonyl (C=O) groups excluding carboxylic acids is 2. The van der Waals surface area contributed by atoms with E-state index in [0.29, 0.717) is 22.5 Å². The van der Waals surface area contributed by atoms with Crippen LogP contribution in [0, 0.1) is 13.8 Å². The molecule has 8 heteroatoms. The average Bonchev–Trinajstić information content (AvgIpc) is 2.84. The minimum atomic E-state index is -4.01. The number of nitrogens with zero attached hydrogens (tertiary/aromatic N) is 1. The number of rotatable bonds is 9. The first-order valence-electron chi connectivity index (χ1n) is 11.8. The molecule has 0 atom stereocenters. The van der Waals surface area contributed by atoms with Gasteiger partial charge in [0.15, 0.2) is 0 Å². The monoisotopic (exact) mass is 508 g/mol. The first kappa shape index (κ1) is 26.9. The first-order chi connectivity index (χ1) is 17.0. The number of esters is 1. The largest absolute Gasteiger partial charge is 0.462 e. The molecule has 0 saturated heterocycles. The van der Waals surface area contributed by atoms with Gasteiger partial charge in [-0.3, -0.25) is 9.10 Å². The van der Waals surface area contributed by atoms with Crippen LogP contribution >= 0.6 is 0 Å². The molecule has 190 valence electrons. The second kappa shape index (κ2) is 11.4. The van der Waals surface area contributed by atoms with Gasteiger partial charge in [0.2, 0.25) is 5.91 Å². The highest BCUT2D eigenvalue weighted by Gasteiger charge is 2.27. The van der Waals surface area contributed by atoms with E-state index in [4.69, 9.17) is 4.74 Å². The molecule has 0 saturated carbocycles. The molecule has 0 aliphatic heterocycles. The van der Waals surface area contributed by atoms with Gasteiger partial charge in [-0.25, -0.2) is 13.2 Å². The van der Waals surface area contributed by atoms with Gasteiger partial charge in [0, 0.05) is 5.69 Å². The van der Waals surface area contributed by atoms with Crippen molar-refractivity contribution < 1.29 is 22.7 Å². The van der Waals surface area contributed by atoms with E-state index in [0.717, 1.165) is 15.4 Å². The lowest BCUT2D eigenvalue weighted by Crippen LogP contribution is -2.38. The van der Waals surface area contributed by atoms with E-state index in [9.17, 15) is 18.0 Å². The topological polar surface area (TPSA) is 92.8 Å². The number of amides is 1. The molecule has 0 aliphatic rings. The van der Waals surface area contributed by atoms with Crippen molar-refractivity contribution in [3.63, 3.8) is 0 Å². The van der Waals surface area contributed by atoms with Crippen molar-refractivity contribution in [2.45, 2.75) is 45.4 Å². The van der Waals surface area contributed by atoms with Crippen LogP contribution in [0.15, 0.2) is 71.6 Å². The molecule has 3 aromatic rings. The van der Waals surface area contributed by atoms with Crippen molar-refractivity contribution in [3.05, 3.63) is 89.0 Å². The predicted molar refractivity (Wildman–Crippen MR) is 142 cm³/mol. The van der Waals surface area contributed by atoms with Crippen LogP contribution in [-0.4, -0.2) is 33.4 Å². The second-order valence-electron chi connectivity index (χ2n) is 8.87. The molecule has 0 aromatic heterocycles. The molecule has 0 radical (unpaired) electrons. The fraction of sp³-hybridized carbons (Fsp3) is 0.286. The summed E-state index contributed by atoms with van der Waals surface area (Å²) in [5.74, 6) is -0.672. The third kappa shape index (κ3) is 6.31. The molecule has 0 aliphatic carbocycles. The minimum Gasteiger partial charge on any atom is -0.462 e. The number of carbonyl (C=O) groups is 2. The van der Waals surface area contributed by atoms with Crippen LogP contribution in [0.3, 0.4) is 0 Å². The van der Waals surface area contributed by atoms with E-state index in [1.54, 1.807) is 56.3 Å². The normalized spacial score (nSPS) is 11.3. The van der Waals surface area contributed by atoms with Crippen molar-refractivity contribution in [1.82, 2.24) is 0 Å². The van der Waals surface area contributed by atoms with E-state index in [-0.39, 0.29) is 17.4 Å². The average molecular weight is 509 g/mol.